The van der Waals surface area contributed by atoms with Crippen LogP contribution in [0.5, 0.6) is 5.75 Å². The molecule has 1 aliphatic carbocycles. The topological polar surface area (TPSA) is 180 Å². The predicted molar refractivity (Wildman–Crippen MR) is 144 cm³/mol. The first kappa shape index (κ1) is 31.8. The van der Waals surface area contributed by atoms with Crippen molar-refractivity contribution >= 4 is 40.2 Å². The van der Waals surface area contributed by atoms with Gasteiger partial charge in [0.2, 0.25) is 5.91 Å². The summed E-state index contributed by atoms with van der Waals surface area (Å²) < 4.78 is 45.7. The summed E-state index contributed by atoms with van der Waals surface area (Å²) in [6.07, 6.45) is -1.60. The average molecular weight is 597 g/mol. The molecule has 1 saturated carbocycles. The lowest BCUT2D eigenvalue weighted by Gasteiger charge is -2.29. The van der Waals surface area contributed by atoms with Gasteiger partial charge in [-0.25, -0.2) is 18.0 Å². The van der Waals surface area contributed by atoms with E-state index < -0.39 is 79.6 Å². The van der Waals surface area contributed by atoms with E-state index in [-0.39, 0.29) is 12.2 Å². The van der Waals surface area contributed by atoms with Crippen LogP contribution in [0.15, 0.2) is 24.3 Å². The summed E-state index contributed by atoms with van der Waals surface area (Å²) in [6, 6.07) is 4.73. The number of nitrogens with one attached hydrogen (secondary N) is 2. The van der Waals surface area contributed by atoms with E-state index in [2.05, 4.69) is 15.4 Å². The number of sulfone groups is 1. The number of hydrogen-bond acceptors (Lipinski definition) is 11. The highest BCUT2D eigenvalue weighted by atomic mass is 32.2. The fourth-order valence-corrected chi connectivity index (χ4v) is 7.51. The molecule has 0 radical (unpaired) electrons. The Kier molecular flexibility index (Phi) is 8.78. The summed E-state index contributed by atoms with van der Waals surface area (Å²) >= 11 is 0. The van der Waals surface area contributed by atoms with Gasteiger partial charge in [-0.05, 0) is 59.2 Å². The van der Waals surface area contributed by atoms with Crippen LogP contribution in [-0.2, 0) is 44.9 Å². The number of rotatable bonds is 8. The Bertz CT molecular complexity index is 1310. The van der Waals surface area contributed by atoms with E-state index >= 15 is 0 Å². The van der Waals surface area contributed by atoms with Gasteiger partial charge in [0.1, 0.15) is 34.8 Å². The van der Waals surface area contributed by atoms with Crippen LogP contribution >= 0.6 is 0 Å². The molecule has 0 spiro atoms. The van der Waals surface area contributed by atoms with Gasteiger partial charge in [-0.1, -0.05) is 12.1 Å². The second-order valence-corrected chi connectivity index (χ2v) is 14.3. The molecule has 0 bridgehead atoms. The minimum Gasteiger partial charge on any atom is -0.469 e. The summed E-state index contributed by atoms with van der Waals surface area (Å²) in [4.78, 5) is 62.4. The lowest BCUT2D eigenvalue weighted by atomic mass is 9.94. The molecular weight excluding hydrogens is 560 g/mol. The molecule has 2 N–H and O–H groups in total. The van der Waals surface area contributed by atoms with Crippen molar-refractivity contribution in [2.75, 3.05) is 12.9 Å². The van der Waals surface area contributed by atoms with Gasteiger partial charge in [0.25, 0.3) is 0 Å². The zero-order valence-electron chi connectivity index (χ0n) is 24.0. The molecular formula is C27H36N2O11S. The molecule has 226 valence electrons. The Morgan fingerprint density at radius 3 is 2.12 bits per heavy atom. The van der Waals surface area contributed by atoms with Gasteiger partial charge in [0.05, 0.1) is 24.0 Å². The van der Waals surface area contributed by atoms with Crippen LogP contribution in [0.1, 0.15) is 47.1 Å². The van der Waals surface area contributed by atoms with Crippen LogP contribution in [-0.4, -0.2) is 79.7 Å². The van der Waals surface area contributed by atoms with Crippen molar-refractivity contribution in [1.82, 2.24) is 10.6 Å². The van der Waals surface area contributed by atoms with E-state index in [1.807, 2.05) is 0 Å². The zero-order chi connectivity index (χ0) is 31.0. The Balaban J connectivity index is 1.81. The SMILES string of the molecule is COC(=O)[C@@H]1[C@@H]2[C@H]1S(=O)(=O)C[C@]2(C=O)NC(=O)[C@H](Cc1ccc(OC(=O)OC(C)(C)C)cc1)NC(=O)OC(C)(C)C. The van der Waals surface area contributed by atoms with Gasteiger partial charge in [0, 0.05) is 12.3 Å². The van der Waals surface area contributed by atoms with Crippen molar-refractivity contribution in [3.05, 3.63) is 29.8 Å². The maximum Gasteiger partial charge on any atom is 0.514 e. The van der Waals surface area contributed by atoms with Crippen molar-refractivity contribution in [3.63, 3.8) is 0 Å². The zero-order valence-corrected chi connectivity index (χ0v) is 24.8. The van der Waals surface area contributed by atoms with Crippen molar-refractivity contribution in [2.45, 2.75) is 76.0 Å². The number of ether oxygens (including phenoxy) is 4. The Morgan fingerprint density at radius 1 is 1.02 bits per heavy atom. The first-order valence-electron chi connectivity index (χ1n) is 12.9. The maximum absolute atomic E-state index is 13.5. The molecule has 14 heteroatoms. The van der Waals surface area contributed by atoms with Crippen LogP contribution in [0.4, 0.5) is 9.59 Å². The maximum atomic E-state index is 13.5. The number of benzene rings is 1. The smallest absolute Gasteiger partial charge is 0.469 e. The largest absolute Gasteiger partial charge is 0.514 e. The fourth-order valence-electron chi connectivity index (χ4n) is 4.82. The molecule has 1 aromatic carbocycles. The minimum absolute atomic E-state index is 0.103. The monoisotopic (exact) mass is 596 g/mol. The number of methoxy groups -OCH3 is 1. The standard InChI is InChI=1S/C27H36N2O11S/c1-25(2,3)39-23(33)28-17(12-15-8-10-16(11-9-15)38-24(34)40-26(4,5)6)21(31)29-27(13-30)14-41(35,36)20-18(19(20)27)22(32)37-7/h8-11,13,17-20H,12,14H2,1-7H3,(H,28,33)(H,29,31)/t17-,18+,19+,20-,27-/m0/s1. The van der Waals surface area contributed by atoms with Crippen LogP contribution in [0.25, 0.3) is 0 Å². The minimum atomic E-state index is -3.89. The number of hydrogen-bond donors (Lipinski definition) is 2. The Morgan fingerprint density at radius 2 is 1.61 bits per heavy atom. The lowest BCUT2D eigenvalue weighted by Crippen LogP contribution is -2.60. The third-order valence-electron chi connectivity index (χ3n) is 6.40. The van der Waals surface area contributed by atoms with Crippen LogP contribution in [0.2, 0.25) is 0 Å². The average Bonchev–Trinajstić information content (AvgIpc) is 3.54. The molecule has 2 aliphatic rings. The van der Waals surface area contributed by atoms with Crippen molar-refractivity contribution in [3.8, 4) is 5.75 Å². The first-order valence-corrected chi connectivity index (χ1v) is 14.6. The number of amides is 2. The number of carbonyl (C=O) groups is 5. The van der Waals surface area contributed by atoms with E-state index in [9.17, 15) is 32.4 Å². The molecule has 0 unspecified atom stereocenters. The molecule has 5 atom stereocenters. The summed E-state index contributed by atoms with van der Waals surface area (Å²) in [6.45, 7) is 9.97. The number of fused-ring (bicyclic) bond motifs is 1. The van der Waals surface area contributed by atoms with Gasteiger partial charge in [0.15, 0.2) is 9.84 Å². The van der Waals surface area contributed by atoms with E-state index in [0.717, 1.165) is 7.11 Å². The molecule has 2 amide bonds. The number of alkyl carbamates (subject to hydrolysis) is 1. The molecule has 0 aromatic heterocycles. The second-order valence-electron chi connectivity index (χ2n) is 12.1. The first-order chi connectivity index (χ1) is 18.8. The predicted octanol–water partition coefficient (Wildman–Crippen LogP) is 1.71. The highest BCUT2D eigenvalue weighted by Crippen LogP contribution is 2.57. The van der Waals surface area contributed by atoms with Crippen LogP contribution in [0, 0.1) is 11.8 Å². The summed E-state index contributed by atoms with van der Waals surface area (Å²) in [5.41, 5.74) is -2.99. The van der Waals surface area contributed by atoms with Crippen LogP contribution in [0.3, 0.4) is 0 Å². The van der Waals surface area contributed by atoms with E-state index in [1.54, 1.807) is 53.7 Å². The van der Waals surface area contributed by atoms with Gasteiger partial charge in [-0.2, -0.15) is 0 Å². The third kappa shape index (κ3) is 7.75. The highest BCUT2D eigenvalue weighted by Gasteiger charge is 2.77. The lowest BCUT2D eigenvalue weighted by molar-refractivity contribution is -0.143. The van der Waals surface area contributed by atoms with E-state index in [0.29, 0.717) is 11.8 Å². The highest BCUT2D eigenvalue weighted by molar-refractivity contribution is 7.92. The van der Waals surface area contributed by atoms with Gasteiger partial charge in [-0.3, -0.25) is 9.59 Å². The molecule has 1 aromatic rings. The normalized spacial score (nSPS) is 25.1. The van der Waals surface area contributed by atoms with Gasteiger partial charge < -0.3 is 34.4 Å². The van der Waals surface area contributed by atoms with Crippen LogP contribution < -0.4 is 15.4 Å². The molecule has 1 heterocycles. The molecule has 2 fully saturated rings. The number of esters is 1. The second kappa shape index (κ2) is 11.3. The van der Waals surface area contributed by atoms with Crippen molar-refractivity contribution in [1.29, 1.82) is 0 Å². The Labute approximate surface area is 238 Å². The quantitative estimate of drug-likeness (QED) is 0.193. The molecule has 41 heavy (non-hydrogen) atoms. The molecule has 1 saturated heterocycles. The number of carbonyl (C=O) groups excluding carboxylic acids is 5. The van der Waals surface area contributed by atoms with Gasteiger partial charge in [-0.15, -0.1) is 0 Å². The number of aldehydes is 1. The van der Waals surface area contributed by atoms with E-state index in [1.165, 1.54) is 12.1 Å². The third-order valence-corrected chi connectivity index (χ3v) is 8.70. The van der Waals surface area contributed by atoms with Gasteiger partial charge >= 0.3 is 18.2 Å². The fraction of sp³-hybridized carbons (Fsp3) is 0.593. The van der Waals surface area contributed by atoms with Crippen molar-refractivity contribution in [2.24, 2.45) is 11.8 Å². The molecule has 1 aliphatic heterocycles. The molecule has 3 rings (SSSR count). The summed E-state index contributed by atoms with van der Waals surface area (Å²) in [5, 5.41) is 3.82. The Hall–Kier alpha value is -3.68. The van der Waals surface area contributed by atoms with E-state index in [4.69, 9.17) is 14.2 Å². The summed E-state index contributed by atoms with van der Waals surface area (Å²) in [5.74, 6) is -4.24. The van der Waals surface area contributed by atoms with Crippen molar-refractivity contribution < 1.29 is 51.3 Å². The molecule has 13 nitrogen and oxygen atoms in total. The summed E-state index contributed by atoms with van der Waals surface area (Å²) in [7, 11) is -2.78.